The van der Waals surface area contributed by atoms with Crippen LogP contribution >= 0.6 is 0 Å². The van der Waals surface area contributed by atoms with Gasteiger partial charge in [-0.05, 0) is 47.5 Å². The minimum absolute atomic E-state index is 0.0398. The molecular formula is C52H51N3O15. The molecule has 1 N–H and O–H groups in total. The van der Waals surface area contributed by atoms with E-state index in [9.17, 15) is 38.4 Å². The number of nitrogens with one attached hydrogen (secondary N) is 1. The van der Waals surface area contributed by atoms with E-state index in [1.165, 1.54) is 54.4 Å². The molecule has 3 aliphatic rings. The molecule has 0 aromatic heterocycles. The Morgan fingerprint density at radius 1 is 0.514 bits per heavy atom. The van der Waals surface area contributed by atoms with Crippen LogP contribution in [-0.4, -0.2) is 97.2 Å². The molecule has 0 radical (unpaired) electrons. The van der Waals surface area contributed by atoms with Gasteiger partial charge in [0.15, 0.2) is 0 Å². The first kappa shape index (κ1) is 52.6. The van der Waals surface area contributed by atoms with Crippen molar-refractivity contribution in [3.05, 3.63) is 160 Å². The normalized spacial score (nSPS) is 13.6. The van der Waals surface area contributed by atoms with Gasteiger partial charge < -0.3 is 38.5 Å². The number of benzene rings is 5. The first-order valence-corrected chi connectivity index (χ1v) is 21.2. The molecule has 5 aromatic rings. The number of carbonyl (C=O) groups is 8. The van der Waals surface area contributed by atoms with Crippen LogP contribution in [0.15, 0.2) is 115 Å². The molecule has 8 rings (SSSR count). The van der Waals surface area contributed by atoms with Crippen molar-refractivity contribution in [3.8, 4) is 0 Å². The van der Waals surface area contributed by atoms with Gasteiger partial charge in [-0.15, -0.1) is 0 Å². The molecule has 0 unspecified atom stereocenters. The quantitative estimate of drug-likeness (QED) is 0.0549. The van der Waals surface area contributed by atoms with Crippen molar-refractivity contribution in [2.75, 3.05) is 64.9 Å². The van der Waals surface area contributed by atoms with Crippen LogP contribution in [0.5, 0.6) is 0 Å². The Balaban J connectivity index is 0.000000182. The Bertz CT molecular complexity index is 2830. The summed E-state index contributed by atoms with van der Waals surface area (Å²) in [5.74, 6) is -3.74. The van der Waals surface area contributed by atoms with Crippen molar-refractivity contribution >= 4 is 75.8 Å². The highest BCUT2D eigenvalue weighted by Gasteiger charge is 2.39. The molecule has 3 aliphatic heterocycles. The van der Waals surface area contributed by atoms with Crippen molar-refractivity contribution in [2.24, 2.45) is 0 Å². The summed E-state index contributed by atoms with van der Waals surface area (Å²) >= 11 is 0. The third kappa shape index (κ3) is 11.5. The van der Waals surface area contributed by atoms with Crippen LogP contribution in [0, 0.1) is 0 Å². The van der Waals surface area contributed by atoms with Crippen LogP contribution in [0.1, 0.15) is 72.7 Å². The van der Waals surface area contributed by atoms with E-state index >= 15 is 0 Å². The maximum absolute atomic E-state index is 13.0. The zero-order valence-electron chi connectivity index (χ0n) is 39.9. The van der Waals surface area contributed by atoms with E-state index in [1.54, 1.807) is 63.8 Å². The minimum Gasteiger partial charge on any atom is -0.495 e. The lowest BCUT2D eigenvalue weighted by Crippen LogP contribution is -2.32. The first-order chi connectivity index (χ1) is 33.5. The Morgan fingerprint density at radius 3 is 1.50 bits per heavy atom. The number of anilines is 3. The summed E-state index contributed by atoms with van der Waals surface area (Å²) in [6, 6.07) is 33.1. The molecule has 70 heavy (non-hydrogen) atoms. The van der Waals surface area contributed by atoms with Crippen molar-refractivity contribution in [2.45, 2.75) is 32.7 Å². The van der Waals surface area contributed by atoms with Crippen LogP contribution in [0.3, 0.4) is 0 Å². The number of rotatable bonds is 9. The number of carbonyl (C=O) groups excluding carboxylic acids is 8. The highest BCUT2D eigenvalue weighted by atomic mass is 16.9. The van der Waals surface area contributed by atoms with E-state index in [2.05, 4.69) is 14.8 Å². The van der Waals surface area contributed by atoms with Crippen LogP contribution in [0.2, 0.25) is 0 Å². The largest absolute Gasteiger partial charge is 0.495 e. The number of ether oxygens (including phenoxy) is 7. The fourth-order valence-corrected chi connectivity index (χ4v) is 7.59. The zero-order chi connectivity index (χ0) is 51.3. The number of esters is 3. The average Bonchev–Trinajstić information content (AvgIpc) is 4.03. The highest BCUT2D eigenvalue weighted by molar-refractivity contribution is 6.43. The maximum atomic E-state index is 13.0. The van der Waals surface area contributed by atoms with Gasteiger partial charge in [-0.1, -0.05) is 78.9 Å². The van der Waals surface area contributed by atoms with E-state index in [0.29, 0.717) is 51.5 Å². The second-order valence-corrected chi connectivity index (χ2v) is 15.0. The summed E-state index contributed by atoms with van der Waals surface area (Å²) < 4.78 is 34.9. The van der Waals surface area contributed by atoms with Crippen LogP contribution < -0.4 is 15.1 Å². The summed E-state index contributed by atoms with van der Waals surface area (Å²) in [6.07, 6.45) is 0.577. The molecule has 18 nitrogen and oxygen atoms in total. The number of fused-ring (bicyclic) bond motifs is 3. The average molecular weight is 958 g/mol. The lowest BCUT2D eigenvalue weighted by molar-refractivity contribution is -0.364. The molecule has 18 heteroatoms. The minimum atomic E-state index is -1.08. The standard InChI is InChI=1S/C20H17NO5.C12H11NO4.C10H9NO3.C10H14O3/c1-12(22)21-16-11-14(20(24)26-3)9-10-15(16)17(19(21)23)18(25-2)13-7-5-4-6-8-13;1-7(14)13-10-5-9(12(16)17-2)4-3-8(10)6-11(13)15;1-14-10(13)7-3-2-6-5-9(12)11-8(6)4-7;1-11-10(12-2,13-3)9-7-5-4-6-8-9/h4-11H,1-3H3;3-5H,6H2,1-2H3;2-4H,5H2,1H3,(H,11,12);4-8H,1-3H3/b18-17+;;;. The van der Waals surface area contributed by atoms with E-state index in [0.717, 1.165) is 26.5 Å². The number of imide groups is 2. The van der Waals surface area contributed by atoms with Crippen LogP contribution in [-0.2, 0) is 75.9 Å². The Kier molecular flexibility index (Phi) is 17.8. The second kappa shape index (κ2) is 23.6. The fourth-order valence-electron chi connectivity index (χ4n) is 7.59. The number of hydrogen-bond donors (Lipinski definition) is 1. The SMILES string of the molecule is COC(=O)c1ccc2c(c1)N(C(C)=O)C(=O)/C2=C(/OC)c1ccccc1.COC(=O)c1ccc2c(c1)N(C(C)=O)C(=O)C2.COC(=O)c1ccc2c(c1)NC(=O)C2.COC(OC)(OC)c1ccccc1. The second-order valence-electron chi connectivity index (χ2n) is 15.0. The summed E-state index contributed by atoms with van der Waals surface area (Å²) in [6.45, 7) is 2.61. The van der Waals surface area contributed by atoms with E-state index in [1.807, 2.05) is 60.7 Å². The Hall–Kier alpha value is -8.32. The van der Waals surface area contributed by atoms with Gasteiger partial charge in [-0.3, -0.25) is 28.9 Å². The van der Waals surface area contributed by atoms with Gasteiger partial charge >= 0.3 is 23.9 Å². The molecule has 3 heterocycles. The predicted octanol–water partition coefficient (Wildman–Crippen LogP) is 6.49. The molecule has 0 bridgehead atoms. The first-order valence-electron chi connectivity index (χ1n) is 21.2. The van der Waals surface area contributed by atoms with E-state index in [4.69, 9.17) is 23.7 Å². The summed E-state index contributed by atoms with van der Waals surface area (Å²) in [5.41, 5.74) is 6.58. The molecule has 0 aliphatic carbocycles. The Labute approximate surface area is 403 Å². The maximum Gasteiger partial charge on any atom is 0.337 e. The number of methoxy groups -OCH3 is 7. The molecule has 0 atom stereocenters. The zero-order valence-corrected chi connectivity index (χ0v) is 39.9. The molecule has 0 saturated carbocycles. The number of amides is 5. The van der Waals surface area contributed by atoms with Gasteiger partial charge in [0.25, 0.3) is 5.91 Å². The molecule has 364 valence electrons. The van der Waals surface area contributed by atoms with Crippen molar-refractivity contribution < 1.29 is 71.5 Å². The lowest BCUT2D eigenvalue weighted by atomic mass is 10.0. The smallest absolute Gasteiger partial charge is 0.337 e. The van der Waals surface area contributed by atoms with Crippen molar-refractivity contribution in [3.63, 3.8) is 0 Å². The third-order valence-electron chi connectivity index (χ3n) is 10.9. The molecule has 5 aromatic carbocycles. The molecule has 5 amide bonds. The van der Waals surface area contributed by atoms with E-state index in [-0.39, 0.29) is 35.3 Å². The molecule has 0 spiro atoms. The van der Waals surface area contributed by atoms with Gasteiger partial charge in [-0.2, -0.15) is 0 Å². The predicted molar refractivity (Wildman–Crippen MR) is 255 cm³/mol. The summed E-state index contributed by atoms with van der Waals surface area (Å²) in [4.78, 5) is 95.5. The van der Waals surface area contributed by atoms with E-state index < -0.39 is 35.7 Å². The van der Waals surface area contributed by atoms with Gasteiger partial charge in [0, 0.05) is 57.6 Å². The molecule has 0 saturated heterocycles. The van der Waals surface area contributed by atoms with Gasteiger partial charge in [0.1, 0.15) is 5.76 Å². The van der Waals surface area contributed by atoms with Crippen molar-refractivity contribution in [1.29, 1.82) is 0 Å². The van der Waals surface area contributed by atoms with Crippen LogP contribution in [0.25, 0.3) is 11.3 Å². The fraction of sp³-hybridized carbons (Fsp3) is 0.231. The van der Waals surface area contributed by atoms with Gasteiger partial charge in [-0.25, -0.2) is 19.3 Å². The lowest BCUT2D eigenvalue weighted by Gasteiger charge is -2.28. The van der Waals surface area contributed by atoms with Gasteiger partial charge in [0.05, 0.1) is 74.9 Å². The monoisotopic (exact) mass is 957 g/mol. The summed E-state index contributed by atoms with van der Waals surface area (Å²) in [5, 5.41) is 2.67. The summed E-state index contributed by atoms with van der Waals surface area (Å²) in [7, 11) is 9.98. The molecular weight excluding hydrogens is 907 g/mol. The van der Waals surface area contributed by atoms with Gasteiger partial charge in [0.2, 0.25) is 23.6 Å². The molecule has 0 fully saturated rings. The third-order valence-corrected chi connectivity index (χ3v) is 10.9. The topological polar surface area (TPSA) is 220 Å². The van der Waals surface area contributed by atoms with Crippen molar-refractivity contribution in [1.82, 2.24) is 0 Å². The van der Waals surface area contributed by atoms with Crippen LogP contribution in [0.4, 0.5) is 17.1 Å². The number of hydrogen-bond acceptors (Lipinski definition) is 15. The number of nitrogens with zero attached hydrogens (tertiary/aromatic N) is 2. The Morgan fingerprint density at radius 2 is 1.00 bits per heavy atom. The highest BCUT2D eigenvalue weighted by Crippen LogP contribution is 2.42.